The number of carbonyl (C=O) groups excluding carboxylic acids is 3. The molecule has 1 saturated heterocycles. The molecule has 0 aromatic heterocycles. The predicted molar refractivity (Wildman–Crippen MR) is 106 cm³/mol. The monoisotopic (exact) mass is 427 g/mol. The number of hydrazone groups is 1. The van der Waals surface area contributed by atoms with Crippen molar-refractivity contribution in [3.05, 3.63) is 0 Å². The van der Waals surface area contributed by atoms with Gasteiger partial charge in [0.1, 0.15) is 5.71 Å². The van der Waals surface area contributed by atoms with E-state index in [-0.39, 0.29) is 47.9 Å². The van der Waals surface area contributed by atoms with Crippen LogP contribution >= 0.6 is 0 Å². The number of esters is 1. The van der Waals surface area contributed by atoms with E-state index in [1.807, 2.05) is 0 Å². The molecule has 2 amide bonds. The van der Waals surface area contributed by atoms with E-state index in [9.17, 15) is 22.8 Å². The fraction of sp³-hybridized carbons (Fsp3) is 0.789. The highest BCUT2D eigenvalue weighted by Gasteiger charge is 2.38. The second-order valence-electron chi connectivity index (χ2n) is 8.09. The van der Waals surface area contributed by atoms with Crippen molar-refractivity contribution in [2.45, 2.75) is 82.9 Å². The fourth-order valence-electron chi connectivity index (χ4n) is 4.00. The number of carbonyl (C=O) groups is 3. The molecule has 2 heterocycles. The quantitative estimate of drug-likeness (QED) is 0.514. The fourth-order valence-corrected chi connectivity index (χ4v) is 5.69. The minimum atomic E-state index is -3.19. The molecule has 29 heavy (non-hydrogen) atoms. The Bertz CT molecular complexity index is 786. The molecule has 0 spiro atoms. The molecule has 1 saturated carbocycles. The molecular formula is C19H29N3O6S. The standard InChI is InChI=1S/C19H29N3O6S/c1-13(18(24)20-14-6-4-2-3-5-7-14)28-19(25)16-8-9-17(23)22(21-16)15-10-11-29(26,27)12-15/h13-15H,2-12H2,1H3,(H,20,24)/t13-,15+/m0/s1. The van der Waals surface area contributed by atoms with Gasteiger partial charge in [-0.05, 0) is 26.2 Å². The summed E-state index contributed by atoms with van der Waals surface area (Å²) in [6.45, 7) is 1.51. The molecule has 2 aliphatic heterocycles. The Morgan fingerprint density at radius 3 is 2.45 bits per heavy atom. The van der Waals surface area contributed by atoms with Gasteiger partial charge in [-0.3, -0.25) is 9.59 Å². The highest BCUT2D eigenvalue weighted by Crippen LogP contribution is 2.22. The number of hydrogen-bond donors (Lipinski definition) is 1. The van der Waals surface area contributed by atoms with Gasteiger partial charge in [0, 0.05) is 18.9 Å². The molecule has 10 heteroatoms. The molecule has 0 aromatic rings. The van der Waals surface area contributed by atoms with Gasteiger partial charge >= 0.3 is 5.97 Å². The van der Waals surface area contributed by atoms with E-state index in [4.69, 9.17) is 4.74 Å². The van der Waals surface area contributed by atoms with Crippen molar-refractivity contribution in [1.29, 1.82) is 0 Å². The van der Waals surface area contributed by atoms with Gasteiger partial charge < -0.3 is 10.1 Å². The van der Waals surface area contributed by atoms with E-state index in [0.29, 0.717) is 6.42 Å². The second-order valence-corrected chi connectivity index (χ2v) is 10.3. The minimum absolute atomic E-state index is 0.00905. The Hall–Kier alpha value is -1.97. The van der Waals surface area contributed by atoms with Crippen LogP contribution in [-0.2, 0) is 29.0 Å². The first-order valence-electron chi connectivity index (χ1n) is 10.4. The smallest absolute Gasteiger partial charge is 0.355 e. The van der Waals surface area contributed by atoms with Crippen molar-refractivity contribution < 1.29 is 27.5 Å². The van der Waals surface area contributed by atoms with Crippen LogP contribution in [0.3, 0.4) is 0 Å². The summed E-state index contributed by atoms with van der Waals surface area (Å²) in [5, 5.41) is 8.14. The van der Waals surface area contributed by atoms with E-state index in [1.165, 1.54) is 19.8 Å². The zero-order chi connectivity index (χ0) is 21.0. The van der Waals surface area contributed by atoms with Crippen LogP contribution in [0.15, 0.2) is 5.10 Å². The third-order valence-corrected chi connectivity index (χ3v) is 7.45. The van der Waals surface area contributed by atoms with Crippen LogP contribution in [0, 0.1) is 0 Å². The minimum Gasteiger partial charge on any atom is -0.448 e. The Morgan fingerprint density at radius 1 is 1.14 bits per heavy atom. The summed E-state index contributed by atoms with van der Waals surface area (Å²) < 4.78 is 28.7. The first-order valence-corrected chi connectivity index (χ1v) is 12.2. The molecule has 162 valence electrons. The number of nitrogens with zero attached hydrogens (tertiary/aromatic N) is 2. The average molecular weight is 428 g/mol. The van der Waals surface area contributed by atoms with E-state index < -0.39 is 28.0 Å². The Balaban J connectivity index is 1.57. The number of nitrogens with one attached hydrogen (secondary N) is 1. The zero-order valence-corrected chi connectivity index (χ0v) is 17.6. The van der Waals surface area contributed by atoms with Crippen molar-refractivity contribution in [3.8, 4) is 0 Å². The first kappa shape index (κ1) is 21.7. The number of ether oxygens (including phenoxy) is 1. The van der Waals surface area contributed by atoms with Crippen LogP contribution < -0.4 is 5.32 Å². The summed E-state index contributed by atoms with van der Waals surface area (Å²) in [5.74, 6) is -1.52. The van der Waals surface area contributed by atoms with Gasteiger partial charge in [-0.15, -0.1) is 0 Å². The number of hydrogen-bond acceptors (Lipinski definition) is 7. The second kappa shape index (κ2) is 9.23. The van der Waals surface area contributed by atoms with E-state index in [2.05, 4.69) is 10.4 Å². The van der Waals surface area contributed by atoms with Crippen molar-refractivity contribution >= 4 is 33.3 Å². The lowest BCUT2D eigenvalue weighted by molar-refractivity contribution is -0.149. The topological polar surface area (TPSA) is 122 Å². The Kier molecular flexibility index (Phi) is 6.92. The number of sulfone groups is 1. The van der Waals surface area contributed by atoms with Crippen LogP contribution in [0.5, 0.6) is 0 Å². The van der Waals surface area contributed by atoms with Gasteiger partial charge in [-0.25, -0.2) is 18.2 Å². The zero-order valence-electron chi connectivity index (χ0n) is 16.8. The third-order valence-electron chi connectivity index (χ3n) is 5.70. The Morgan fingerprint density at radius 2 is 1.83 bits per heavy atom. The molecule has 1 N–H and O–H groups in total. The predicted octanol–water partition coefficient (Wildman–Crippen LogP) is 0.923. The van der Waals surface area contributed by atoms with Gasteiger partial charge in [-0.1, -0.05) is 25.7 Å². The lowest BCUT2D eigenvalue weighted by Gasteiger charge is -2.27. The maximum absolute atomic E-state index is 12.5. The molecule has 2 fully saturated rings. The highest BCUT2D eigenvalue weighted by molar-refractivity contribution is 7.91. The third kappa shape index (κ3) is 5.77. The molecule has 0 aromatic carbocycles. The van der Waals surface area contributed by atoms with E-state index in [1.54, 1.807) is 0 Å². The summed E-state index contributed by atoms with van der Waals surface area (Å²) in [6, 6.07) is -0.442. The molecule has 0 radical (unpaired) electrons. The summed E-state index contributed by atoms with van der Waals surface area (Å²) in [4.78, 5) is 37.0. The summed E-state index contributed by atoms with van der Waals surface area (Å²) in [5.41, 5.74) is 0.0445. The van der Waals surface area contributed by atoms with Crippen LogP contribution in [0.4, 0.5) is 0 Å². The Labute approximate surface area is 171 Å². The summed E-state index contributed by atoms with van der Waals surface area (Å²) in [7, 11) is -3.19. The molecule has 3 aliphatic rings. The molecule has 1 aliphatic carbocycles. The normalized spacial score (nSPS) is 26.4. The van der Waals surface area contributed by atoms with Crippen molar-refractivity contribution in [2.24, 2.45) is 5.10 Å². The molecule has 3 rings (SSSR count). The maximum Gasteiger partial charge on any atom is 0.355 e. The summed E-state index contributed by atoms with van der Waals surface area (Å²) in [6.07, 6.45) is 5.89. The van der Waals surface area contributed by atoms with Crippen molar-refractivity contribution in [2.75, 3.05) is 11.5 Å². The van der Waals surface area contributed by atoms with Crippen molar-refractivity contribution in [3.63, 3.8) is 0 Å². The number of amides is 2. The number of rotatable bonds is 5. The van der Waals surface area contributed by atoms with Crippen LogP contribution in [0.2, 0.25) is 0 Å². The molecule has 0 unspecified atom stereocenters. The van der Waals surface area contributed by atoms with Crippen LogP contribution in [-0.4, -0.2) is 66.6 Å². The van der Waals surface area contributed by atoms with Crippen LogP contribution in [0.25, 0.3) is 0 Å². The van der Waals surface area contributed by atoms with Gasteiger partial charge in [-0.2, -0.15) is 5.10 Å². The SMILES string of the molecule is C[C@H](OC(=O)C1=NN([C@@H]2CCS(=O)(=O)C2)C(=O)CC1)C(=O)NC1CCCCCC1. The first-order chi connectivity index (χ1) is 13.7. The molecule has 9 nitrogen and oxygen atoms in total. The van der Waals surface area contributed by atoms with Gasteiger partial charge in [0.2, 0.25) is 5.91 Å². The van der Waals surface area contributed by atoms with Crippen LogP contribution in [0.1, 0.15) is 64.7 Å². The van der Waals surface area contributed by atoms with E-state index in [0.717, 1.165) is 30.7 Å². The molecule has 2 atom stereocenters. The van der Waals surface area contributed by atoms with Gasteiger partial charge in [0.05, 0.1) is 17.5 Å². The largest absolute Gasteiger partial charge is 0.448 e. The lowest BCUT2D eigenvalue weighted by atomic mass is 10.1. The van der Waals surface area contributed by atoms with Gasteiger partial charge in [0.15, 0.2) is 15.9 Å². The van der Waals surface area contributed by atoms with Gasteiger partial charge in [0.25, 0.3) is 5.91 Å². The maximum atomic E-state index is 12.5. The lowest BCUT2D eigenvalue weighted by Crippen LogP contribution is -2.44. The molecule has 0 bridgehead atoms. The summed E-state index contributed by atoms with van der Waals surface area (Å²) >= 11 is 0. The van der Waals surface area contributed by atoms with Crippen molar-refractivity contribution in [1.82, 2.24) is 10.3 Å². The molecular weight excluding hydrogens is 398 g/mol. The average Bonchev–Trinajstić information content (AvgIpc) is 2.86. The van der Waals surface area contributed by atoms with E-state index >= 15 is 0 Å². The highest BCUT2D eigenvalue weighted by atomic mass is 32.2.